The van der Waals surface area contributed by atoms with E-state index < -0.39 is 0 Å². The third kappa shape index (κ3) is 4.31. The molecule has 4 rings (SSSR count). The summed E-state index contributed by atoms with van der Waals surface area (Å²) in [6.07, 6.45) is 9.35. The van der Waals surface area contributed by atoms with Gasteiger partial charge in [0.25, 0.3) is 0 Å². The van der Waals surface area contributed by atoms with Gasteiger partial charge in [-0.3, -0.25) is 9.99 Å². The Kier molecular flexibility index (Phi) is 6.15. The maximum absolute atomic E-state index is 11.6. The summed E-state index contributed by atoms with van der Waals surface area (Å²) in [6, 6.07) is 8.09. The Bertz CT molecular complexity index is 807. The number of hydrogen-bond donors (Lipinski definition) is 0. The van der Waals surface area contributed by atoms with Crippen LogP contribution >= 0.6 is 11.3 Å². The smallest absolute Gasteiger partial charge is 0.134 e. The van der Waals surface area contributed by atoms with Gasteiger partial charge in [0, 0.05) is 30.5 Å². The minimum absolute atomic E-state index is 0.0216. The van der Waals surface area contributed by atoms with Gasteiger partial charge < -0.3 is 9.47 Å². The molecule has 2 aromatic rings. The number of rotatable bonds is 8. The molecule has 0 N–H and O–H groups in total. The molecular formula is C22H29N3O3S. The second-order valence-electron chi connectivity index (χ2n) is 8.29. The molecule has 2 fully saturated rings. The number of nitrogens with zero attached hydrogens (tertiary/aromatic N) is 3. The zero-order valence-electron chi connectivity index (χ0n) is 17.0. The topological polar surface area (TPSA) is 64.0 Å². The fraction of sp³-hybridized carbons (Fsp3) is 0.591. The van der Waals surface area contributed by atoms with E-state index in [9.17, 15) is 4.91 Å². The zero-order valence-corrected chi connectivity index (χ0v) is 17.8. The van der Waals surface area contributed by atoms with Crippen LogP contribution in [0.3, 0.4) is 0 Å². The van der Waals surface area contributed by atoms with Crippen molar-refractivity contribution >= 4 is 11.3 Å². The molecule has 2 aromatic heterocycles. The standard InChI is InChI=1S/C22H29N3O3S/c1-27-18-7-15-29-19(18)16-25(24-26)13-10-21(20-6-2-5-12-23-20)11-14-28-22(17-21)8-3-4-9-22/h2,5-7,12,15H,3-4,8-11,13-14,16-17H2,1H3/t21-/m1/s1. The lowest BCUT2D eigenvalue weighted by molar-refractivity contribution is -0.105. The molecule has 1 saturated heterocycles. The van der Waals surface area contributed by atoms with Gasteiger partial charge >= 0.3 is 0 Å². The SMILES string of the molecule is COc1ccsc1CN(CC[C@@]1(c2ccccn2)CCOC2(CCCC2)C1)N=O. The number of thiophene rings is 1. The number of nitroso groups, excluding NO2 is 1. The van der Waals surface area contributed by atoms with E-state index in [1.165, 1.54) is 12.8 Å². The molecule has 0 amide bonds. The van der Waals surface area contributed by atoms with Crippen molar-refractivity contribution < 1.29 is 9.47 Å². The summed E-state index contributed by atoms with van der Waals surface area (Å²) in [5, 5.41) is 6.92. The van der Waals surface area contributed by atoms with E-state index in [0.717, 1.165) is 55.0 Å². The summed E-state index contributed by atoms with van der Waals surface area (Å²) in [7, 11) is 1.66. The average Bonchev–Trinajstić information content (AvgIpc) is 3.41. The minimum atomic E-state index is -0.0771. The molecule has 1 spiro atoms. The Balaban J connectivity index is 1.53. The minimum Gasteiger partial charge on any atom is -0.496 e. The van der Waals surface area contributed by atoms with Crippen molar-refractivity contribution in [3.63, 3.8) is 0 Å². The van der Waals surface area contributed by atoms with Gasteiger partial charge in [-0.1, -0.05) is 18.9 Å². The molecule has 0 radical (unpaired) electrons. The van der Waals surface area contributed by atoms with Crippen molar-refractivity contribution in [1.29, 1.82) is 0 Å². The maximum atomic E-state index is 11.6. The van der Waals surface area contributed by atoms with Crippen molar-refractivity contribution in [3.05, 3.63) is 51.3 Å². The molecule has 6 nitrogen and oxygen atoms in total. The molecular weight excluding hydrogens is 386 g/mol. The highest BCUT2D eigenvalue weighted by Gasteiger charge is 2.48. The van der Waals surface area contributed by atoms with Gasteiger partial charge in [-0.15, -0.1) is 16.2 Å². The third-order valence-corrected chi connectivity index (χ3v) is 7.47. The molecule has 0 aromatic carbocycles. The van der Waals surface area contributed by atoms with Crippen molar-refractivity contribution in [3.8, 4) is 5.75 Å². The molecule has 1 atom stereocenters. The van der Waals surface area contributed by atoms with Crippen LogP contribution in [-0.2, 0) is 16.7 Å². The number of aromatic nitrogens is 1. The number of ether oxygens (including phenoxy) is 2. The lowest BCUT2D eigenvalue weighted by atomic mass is 9.68. The summed E-state index contributed by atoms with van der Waals surface area (Å²) in [5.74, 6) is 0.819. The lowest BCUT2D eigenvalue weighted by Crippen LogP contribution is -2.47. The van der Waals surface area contributed by atoms with Crippen molar-refractivity contribution in [2.45, 2.75) is 62.5 Å². The second kappa shape index (κ2) is 8.79. The Morgan fingerprint density at radius 3 is 2.86 bits per heavy atom. The first-order valence-corrected chi connectivity index (χ1v) is 11.3. The Morgan fingerprint density at radius 1 is 1.28 bits per heavy atom. The molecule has 29 heavy (non-hydrogen) atoms. The highest BCUT2D eigenvalue weighted by atomic mass is 32.1. The first kappa shape index (κ1) is 20.3. The number of pyridine rings is 1. The Morgan fingerprint density at radius 2 is 2.14 bits per heavy atom. The van der Waals surface area contributed by atoms with Crippen LogP contribution < -0.4 is 4.74 Å². The number of hydrogen-bond acceptors (Lipinski definition) is 6. The molecule has 7 heteroatoms. The van der Waals surface area contributed by atoms with Crippen molar-refractivity contribution in [2.24, 2.45) is 5.29 Å². The average molecular weight is 416 g/mol. The zero-order chi connectivity index (χ0) is 20.2. The van der Waals surface area contributed by atoms with Crippen LogP contribution in [0.1, 0.15) is 55.5 Å². The fourth-order valence-electron chi connectivity index (χ4n) is 5.08. The molecule has 2 aliphatic rings. The largest absolute Gasteiger partial charge is 0.496 e. The normalized spacial score (nSPS) is 23.2. The van der Waals surface area contributed by atoms with E-state index in [4.69, 9.17) is 14.5 Å². The maximum Gasteiger partial charge on any atom is 0.134 e. The predicted octanol–water partition coefficient (Wildman–Crippen LogP) is 5.09. The fourth-order valence-corrected chi connectivity index (χ4v) is 5.93. The van der Waals surface area contributed by atoms with Gasteiger partial charge in [-0.25, -0.2) is 0 Å². The quantitative estimate of drug-likeness (QED) is 0.444. The summed E-state index contributed by atoms with van der Waals surface area (Å²) < 4.78 is 11.7. The van der Waals surface area contributed by atoms with E-state index >= 15 is 0 Å². The summed E-state index contributed by atoms with van der Waals surface area (Å²) in [5.41, 5.74) is 1.02. The molecule has 3 heterocycles. The molecule has 1 aliphatic heterocycles. The summed E-state index contributed by atoms with van der Waals surface area (Å²) >= 11 is 1.59. The Labute approximate surface area is 176 Å². The van der Waals surface area contributed by atoms with Crippen molar-refractivity contribution in [1.82, 2.24) is 9.99 Å². The van der Waals surface area contributed by atoms with Gasteiger partial charge in [0.1, 0.15) is 5.75 Å². The highest BCUT2D eigenvalue weighted by Crippen LogP contribution is 2.49. The third-order valence-electron chi connectivity index (χ3n) is 6.59. The first-order chi connectivity index (χ1) is 14.2. The van der Waals surface area contributed by atoms with Gasteiger partial charge in [-0.05, 0) is 55.7 Å². The van der Waals surface area contributed by atoms with Crippen LogP contribution in [-0.4, -0.2) is 35.9 Å². The van der Waals surface area contributed by atoms with Gasteiger partial charge in [0.2, 0.25) is 0 Å². The van der Waals surface area contributed by atoms with Crippen molar-refractivity contribution in [2.75, 3.05) is 20.3 Å². The molecule has 1 saturated carbocycles. The summed E-state index contributed by atoms with van der Waals surface area (Å²) in [4.78, 5) is 17.4. The van der Waals surface area contributed by atoms with Gasteiger partial charge in [0.05, 0.1) is 29.4 Å². The number of methoxy groups -OCH3 is 1. The van der Waals surface area contributed by atoms with E-state index in [0.29, 0.717) is 13.1 Å². The van der Waals surface area contributed by atoms with Crippen LogP contribution in [0.2, 0.25) is 0 Å². The molecule has 0 bridgehead atoms. The van der Waals surface area contributed by atoms with Crippen LogP contribution in [0.5, 0.6) is 5.75 Å². The van der Waals surface area contributed by atoms with Crippen LogP contribution in [0.4, 0.5) is 0 Å². The lowest BCUT2D eigenvalue weighted by Gasteiger charge is -2.46. The summed E-state index contributed by atoms with van der Waals surface area (Å²) in [6.45, 7) is 1.82. The van der Waals surface area contributed by atoms with Crippen LogP contribution in [0.25, 0.3) is 0 Å². The van der Waals surface area contributed by atoms with Crippen LogP contribution in [0, 0.1) is 4.91 Å². The predicted molar refractivity (Wildman–Crippen MR) is 114 cm³/mol. The van der Waals surface area contributed by atoms with E-state index in [-0.39, 0.29) is 11.0 Å². The van der Waals surface area contributed by atoms with E-state index in [1.54, 1.807) is 23.5 Å². The second-order valence-corrected chi connectivity index (χ2v) is 9.29. The van der Waals surface area contributed by atoms with Crippen LogP contribution in [0.15, 0.2) is 41.1 Å². The van der Waals surface area contributed by atoms with E-state index in [1.807, 2.05) is 23.7 Å². The highest BCUT2D eigenvalue weighted by molar-refractivity contribution is 7.10. The monoisotopic (exact) mass is 415 g/mol. The van der Waals surface area contributed by atoms with Gasteiger partial charge in [-0.2, -0.15) is 0 Å². The van der Waals surface area contributed by atoms with E-state index in [2.05, 4.69) is 17.4 Å². The molecule has 1 aliphatic carbocycles. The molecule has 0 unspecified atom stereocenters. The molecule has 156 valence electrons. The first-order valence-electron chi connectivity index (χ1n) is 10.4. The Hall–Kier alpha value is -1.99. The van der Waals surface area contributed by atoms with Gasteiger partial charge in [0.15, 0.2) is 0 Å².